The third kappa shape index (κ3) is 3.89. The van der Waals surface area contributed by atoms with E-state index in [1.165, 1.54) is 70.4 Å². The molecule has 1 saturated carbocycles. The molecule has 4 rings (SSSR count). The van der Waals surface area contributed by atoms with Crippen LogP contribution < -0.4 is 0 Å². The number of nitrogens with zero attached hydrogens (tertiary/aromatic N) is 4. The van der Waals surface area contributed by atoms with Gasteiger partial charge < -0.3 is 9.47 Å². The van der Waals surface area contributed by atoms with Gasteiger partial charge in [-0.15, -0.1) is 11.3 Å². The van der Waals surface area contributed by atoms with E-state index in [0.717, 1.165) is 18.2 Å². The summed E-state index contributed by atoms with van der Waals surface area (Å²) in [5, 5.41) is 2.14. The Hall–Kier alpha value is -1.20. The summed E-state index contributed by atoms with van der Waals surface area (Å²) in [5.74, 6) is 2.84. The molecule has 1 saturated heterocycles. The van der Waals surface area contributed by atoms with Crippen molar-refractivity contribution in [3.8, 4) is 0 Å². The van der Waals surface area contributed by atoms with Crippen LogP contribution in [0.4, 0.5) is 0 Å². The van der Waals surface area contributed by atoms with Crippen molar-refractivity contribution < 1.29 is 0 Å². The molecule has 2 aromatic heterocycles. The van der Waals surface area contributed by atoms with Crippen molar-refractivity contribution in [1.82, 2.24) is 19.4 Å². The Balaban J connectivity index is 1.32. The average molecular weight is 345 g/mol. The summed E-state index contributed by atoms with van der Waals surface area (Å²) >= 11 is 1.67. The molecule has 0 aromatic carbocycles. The maximum Gasteiger partial charge on any atom is 0.112 e. The van der Waals surface area contributed by atoms with Crippen LogP contribution in [0, 0.1) is 5.92 Å². The van der Waals surface area contributed by atoms with Crippen LogP contribution in [-0.4, -0.2) is 39.1 Å². The molecule has 130 valence electrons. The van der Waals surface area contributed by atoms with E-state index in [-0.39, 0.29) is 0 Å². The van der Waals surface area contributed by atoms with Gasteiger partial charge in [-0.25, -0.2) is 9.97 Å². The van der Waals surface area contributed by atoms with Crippen LogP contribution in [0.15, 0.2) is 23.3 Å². The van der Waals surface area contributed by atoms with Crippen LogP contribution in [0.5, 0.6) is 0 Å². The smallest absolute Gasteiger partial charge is 0.112 e. The molecule has 2 fully saturated rings. The first-order valence-electron chi connectivity index (χ1n) is 9.49. The minimum absolute atomic E-state index is 0.612. The maximum atomic E-state index is 4.68. The van der Waals surface area contributed by atoms with Gasteiger partial charge in [0.25, 0.3) is 0 Å². The van der Waals surface area contributed by atoms with Crippen molar-refractivity contribution in [2.24, 2.45) is 5.92 Å². The Morgan fingerprint density at radius 1 is 1.04 bits per heavy atom. The van der Waals surface area contributed by atoms with Gasteiger partial charge in [0.15, 0.2) is 0 Å². The van der Waals surface area contributed by atoms with Gasteiger partial charge in [-0.3, -0.25) is 0 Å². The second-order valence-corrected chi connectivity index (χ2v) is 8.19. The summed E-state index contributed by atoms with van der Waals surface area (Å²) in [6, 6.07) is 0. The Kier molecular flexibility index (Phi) is 5.28. The van der Waals surface area contributed by atoms with Gasteiger partial charge in [-0.05, 0) is 44.7 Å². The van der Waals surface area contributed by atoms with Crippen LogP contribution in [-0.2, 0) is 6.54 Å². The number of aromatic nitrogens is 3. The highest BCUT2D eigenvalue weighted by molar-refractivity contribution is 7.07. The fourth-order valence-corrected chi connectivity index (χ4v) is 4.96. The Labute approximate surface area is 148 Å². The molecule has 2 aromatic rings. The lowest BCUT2D eigenvalue weighted by molar-refractivity contribution is 0.161. The molecule has 0 atom stereocenters. The number of likely N-dealkylation sites (tertiary alicyclic amines) is 1. The number of imidazole rings is 1. The monoisotopic (exact) mass is 344 g/mol. The molecule has 0 N–H and O–H groups in total. The molecule has 24 heavy (non-hydrogen) atoms. The Bertz CT molecular complexity index is 607. The Morgan fingerprint density at radius 2 is 1.88 bits per heavy atom. The second-order valence-electron chi connectivity index (χ2n) is 7.47. The normalized spacial score (nSPS) is 21.3. The predicted octanol–water partition coefficient (Wildman–Crippen LogP) is 4.15. The van der Waals surface area contributed by atoms with Crippen molar-refractivity contribution in [3.63, 3.8) is 0 Å². The minimum Gasteiger partial charge on any atom is -0.329 e. The van der Waals surface area contributed by atoms with Crippen molar-refractivity contribution in [1.29, 1.82) is 0 Å². The fraction of sp³-hybridized carbons (Fsp3) is 0.684. The van der Waals surface area contributed by atoms with Crippen LogP contribution in [0.2, 0.25) is 0 Å². The first kappa shape index (κ1) is 16.3. The van der Waals surface area contributed by atoms with Gasteiger partial charge in [0, 0.05) is 30.2 Å². The summed E-state index contributed by atoms with van der Waals surface area (Å²) in [7, 11) is 0. The minimum atomic E-state index is 0.612. The zero-order valence-corrected chi connectivity index (χ0v) is 15.3. The topological polar surface area (TPSA) is 34.0 Å². The standard InChI is InChI=1S/C19H28N4S/c1-2-4-16(5-3-1)12-22-9-6-17(7-10-22)19-20-8-11-23(19)13-18-14-24-15-21-18/h8,11,14-17H,1-7,9-10,12-13H2. The molecular formula is C19H28N4S. The lowest BCUT2D eigenvalue weighted by Crippen LogP contribution is -2.37. The van der Waals surface area contributed by atoms with Crippen LogP contribution in [0.3, 0.4) is 0 Å². The highest BCUT2D eigenvalue weighted by Crippen LogP contribution is 2.30. The highest BCUT2D eigenvalue weighted by Gasteiger charge is 2.26. The van der Waals surface area contributed by atoms with Crippen LogP contribution in [0.25, 0.3) is 0 Å². The molecule has 0 radical (unpaired) electrons. The number of rotatable bonds is 5. The summed E-state index contributed by atoms with van der Waals surface area (Å²) in [6.45, 7) is 4.68. The maximum absolute atomic E-state index is 4.68. The SMILES string of the molecule is c1cn(Cc2cscn2)c(C2CCN(CC3CCCCC3)CC2)n1. The molecule has 5 heteroatoms. The van der Waals surface area contributed by atoms with E-state index < -0.39 is 0 Å². The summed E-state index contributed by atoms with van der Waals surface area (Å²) in [4.78, 5) is 11.8. The van der Waals surface area contributed by atoms with E-state index in [4.69, 9.17) is 0 Å². The van der Waals surface area contributed by atoms with E-state index >= 15 is 0 Å². The average Bonchev–Trinajstić information content (AvgIpc) is 3.29. The fourth-order valence-electron chi connectivity index (χ4n) is 4.41. The largest absolute Gasteiger partial charge is 0.329 e. The number of hydrogen-bond donors (Lipinski definition) is 0. The van der Waals surface area contributed by atoms with Gasteiger partial charge in [0.05, 0.1) is 17.7 Å². The van der Waals surface area contributed by atoms with Crippen LogP contribution >= 0.6 is 11.3 Å². The zero-order chi connectivity index (χ0) is 16.2. The summed E-state index contributed by atoms with van der Waals surface area (Å²) in [6.07, 6.45) is 13.8. The summed E-state index contributed by atoms with van der Waals surface area (Å²) in [5.41, 5.74) is 3.06. The lowest BCUT2D eigenvalue weighted by atomic mass is 9.88. The van der Waals surface area contributed by atoms with E-state index in [2.05, 4.69) is 31.0 Å². The van der Waals surface area contributed by atoms with Gasteiger partial charge in [-0.1, -0.05) is 19.3 Å². The Morgan fingerprint density at radius 3 is 2.62 bits per heavy atom. The quantitative estimate of drug-likeness (QED) is 0.817. The van der Waals surface area contributed by atoms with E-state index in [1.807, 2.05) is 11.7 Å². The summed E-state index contributed by atoms with van der Waals surface area (Å²) < 4.78 is 2.30. The van der Waals surface area contributed by atoms with Crippen molar-refractivity contribution in [2.45, 2.75) is 57.4 Å². The molecule has 1 aliphatic heterocycles. The zero-order valence-electron chi connectivity index (χ0n) is 14.4. The molecule has 4 nitrogen and oxygen atoms in total. The number of hydrogen-bond acceptors (Lipinski definition) is 4. The van der Waals surface area contributed by atoms with Gasteiger partial charge in [0.1, 0.15) is 5.82 Å². The first-order chi connectivity index (χ1) is 11.9. The second kappa shape index (κ2) is 7.79. The molecule has 0 unspecified atom stereocenters. The molecule has 1 aliphatic carbocycles. The lowest BCUT2D eigenvalue weighted by Gasteiger charge is -2.35. The molecule has 3 heterocycles. The molecule has 0 amide bonds. The third-order valence-corrected chi connectivity index (χ3v) is 6.39. The van der Waals surface area contributed by atoms with Gasteiger partial charge >= 0.3 is 0 Å². The molecule has 0 spiro atoms. The highest BCUT2D eigenvalue weighted by atomic mass is 32.1. The van der Waals surface area contributed by atoms with Gasteiger partial charge in [0.2, 0.25) is 0 Å². The third-order valence-electron chi connectivity index (χ3n) is 5.76. The molecular weight excluding hydrogens is 316 g/mol. The van der Waals surface area contributed by atoms with Crippen molar-refractivity contribution in [2.75, 3.05) is 19.6 Å². The van der Waals surface area contributed by atoms with Crippen molar-refractivity contribution in [3.05, 3.63) is 34.8 Å². The van der Waals surface area contributed by atoms with Crippen LogP contribution in [0.1, 0.15) is 62.4 Å². The first-order valence-corrected chi connectivity index (χ1v) is 10.4. The van der Waals surface area contributed by atoms with Gasteiger partial charge in [-0.2, -0.15) is 0 Å². The van der Waals surface area contributed by atoms with E-state index in [1.54, 1.807) is 11.3 Å². The molecule has 0 bridgehead atoms. The van der Waals surface area contributed by atoms with E-state index in [9.17, 15) is 0 Å². The number of thiazole rings is 1. The van der Waals surface area contributed by atoms with E-state index in [0.29, 0.717) is 5.92 Å². The predicted molar refractivity (Wildman–Crippen MR) is 98.4 cm³/mol. The molecule has 2 aliphatic rings. The number of piperidine rings is 1. The van der Waals surface area contributed by atoms with Crippen molar-refractivity contribution >= 4 is 11.3 Å².